The number of nitrogens with zero attached hydrogens (tertiary/aromatic N) is 3. The van der Waals surface area contributed by atoms with Crippen LogP contribution in [0.4, 0.5) is 0 Å². The van der Waals surface area contributed by atoms with Crippen LogP contribution in [0.2, 0.25) is 0 Å². The minimum atomic E-state index is -0.0404. The van der Waals surface area contributed by atoms with Crippen molar-refractivity contribution in [2.24, 2.45) is 11.8 Å². The highest BCUT2D eigenvalue weighted by Gasteiger charge is 2.27. The van der Waals surface area contributed by atoms with Crippen molar-refractivity contribution in [3.05, 3.63) is 11.7 Å². The van der Waals surface area contributed by atoms with Crippen LogP contribution in [0.1, 0.15) is 69.5 Å². The Morgan fingerprint density at radius 3 is 2.54 bits per heavy atom. The first kappa shape index (κ1) is 18.9. The second kappa shape index (κ2) is 9.14. The molecule has 1 saturated heterocycles. The highest BCUT2D eigenvalue weighted by Crippen LogP contribution is 2.28. The molecule has 0 radical (unpaired) electrons. The number of nitrogens with one attached hydrogen (secondary N) is 1. The molecule has 1 aliphatic heterocycles. The fraction of sp³-hybridized carbons (Fsp3) is 0.789. The molecule has 144 valence electrons. The summed E-state index contributed by atoms with van der Waals surface area (Å²) in [6.07, 6.45) is 9.72. The van der Waals surface area contributed by atoms with Crippen molar-refractivity contribution in [1.29, 1.82) is 0 Å². The summed E-state index contributed by atoms with van der Waals surface area (Å²) in [4.78, 5) is 30.7. The molecule has 1 aromatic heterocycles. The lowest BCUT2D eigenvalue weighted by atomic mass is 9.86. The van der Waals surface area contributed by atoms with E-state index in [4.69, 9.17) is 4.52 Å². The van der Waals surface area contributed by atoms with Crippen LogP contribution in [0, 0.1) is 18.8 Å². The van der Waals surface area contributed by atoms with Crippen LogP contribution in [0.25, 0.3) is 0 Å². The monoisotopic (exact) mass is 362 g/mol. The van der Waals surface area contributed by atoms with Gasteiger partial charge in [-0.3, -0.25) is 9.59 Å². The van der Waals surface area contributed by atoms with Crippen molar-refractivity contribution >= 4 is 11.8 Å². The van der Waals surface area contributed by atoms with E-state index in [9.17, 15) is 9.59 Å². The van der Waals surface area contributed by atoms with Crippen molar-refractivity contribution in [1.82, 2.24) is 20.4 Å². The summed E-state index contributed by atoms with van der Waals surface area (Å²) in [7, 11) is 0. The molecule has 0 aromatic carbocycles. The average Bonchev–Trinajstić information content (AvgIpc) is 3.10. The fourth-order valence-corrected chi connectivity index (χ4v) is 4.07. The number of rotatable bonds is 6. The zero-order valence-corrected chi connectivity index (χ0v) is 15.7. The van der Waals surface area contributed by atoms with Gasteiger partial charge < -0.3 is 14.7 Å². The Labute approximate surface area is 154 Å². The molecule has 2 amide bonds. The lowest BCUT2D eigenvalue weighted by molar-refractivity contribution is -0.136. The lowest BCUT2D eigenvalue weighted by Gasteiger charge is -2.32. The molecule has 7 heteroatoms. The topological polar surface area (TPSA) is 88.3 Å². The van der Waals surface area contributed by atoms with E-state index in [0.29, 0.717) is 31.2 Å². The van der Waals surface area contributed by atoms with Gasteiger partial charge in [-0.25, -0.2) is 0 Å². The third-order valence-corrected chi connectivity index (χ3v) is 5.69. The van der Waals surface area contributed by atoms with Crippen LogP contribution in [0.3, 0.4) is 0 Å². The predicted molar refractivity (Wildman–Crippen MR) is 96.0 cm³/mol. The van der Waals surface area contributed by atoms with Crippen LogP contribution in [-0.2, 0) is 16.1 Å². The fourth-order valence-electron chi connectivity index (χ4n) is 4.07. The maximum absolute atomic E-state index is 12.4. The van der Waals surface area contributed by atoms with Gasteiger partial charge in [0.1, 0.15) is 0 Å². The number of aryl methyl sites for hydroxylation is 1. The maximum atomic E-state index is 12.4. The largest absolute Gasteiger partial charge is 0.347 e. The summed E-state index contributed by atoms with van der Waals surface area (Å²) in [5, 5.41) is 6.56. The highest BCUT2D eigenvalue weighted by atomic mass is 16.5. The molecule has 2 aliphatic rings. The minimum absolute atomic E-state index is 0.00941. The van der Waals surface area contributed by atoms with E-state index in [1.807, 2.05) is 4.90 Å². The molecule has 1 saturated carbocycles. The molecule has 2 heterocycles. The number of carbonyl (C=O) groups excluding carboxylic acids is 2. The van der Waals surface area contributed by atoms with Gasteiger partial charge in [0, 0.05) is 25.4 Å². The van der Waals surface area contributed by atoms with Gasteiger partial charge >= 0.3 is 0 Å². The summed E-state index contributed by atoms with van der Waals surface area (Å²) in [5.74, 6) is 1.96. The van der Waals surface area contributed by atoms with Crippen molar-refractivity contribution in [3.8, 4) is 0 Å². The second-order valence-corrected chi connectivity index (χ2v) is 7.65. The third-order valence-electron chi connectivity index (χ3n) is 5.69. The summed E-state index contributed by atoms with van der Waals surface area (Å²) in [6.45, 7) is 3.37. The SMILES string of the molecule is Cc1noc(CNC(=O)C2CCN(C(=O)CCC3CCCCC3)CC2)n1. The van der Waals surface area contributed by atoms with Gasteiger partial charge in [0.15, 0.2) is 5.82 Å². The van der Waals surface area contributed by atoms with E-state index < -0.39 is 0 Å². The van der Waals surface area contributed by atoms with E-state index in [-0.39, 0.29) is 24.3 Å². The first-order valence-corrected chi connectivity index (χ1v) is 9.96. The average molecular weight is 362 g/mol. The smallest absolute Gasteiger partial charge is 0.246 e. The van der Waals surface area contributed by atoms with Crippen molar-refractivity contribution in [2.45, 2.75) is 71.3 Å². The van der Waals surface area contributed by atoms with Gasteiger partial charge in [0.25, 0.3) is 0 Å². The van der Waals surface area contributed by atoms with Crippen molar-refractivity contribution < 1.29 is 14.1 Å². The number of likely N-dealkylation sites (tertiary alicyclic amines) is 1. The van der Waals surface area contributed by atoms with Gasteiger partial charge in [-0.1, -0.05) is 37.3 Å². The molecule has 26 heavy (non-hydrogen) atoms. The molecule has 3 rings (SSSR count). The summed E-state index contributed by atoms with van der Waals surface area (Å²) in [6, 6.07) is 0. The molecule has 1 aliphatic carbocycles. The first-order valence-electron chi connectivity index (χ1n) is 9.96. The second-order valence-electron chi connectivity index (χ2n) is 7.65. The Morgan fingerprint density at radius 1 is 1.15 bits per heavy atom. The van der Waals surface area contributed by atoms with Crippen LogP contribution in [0.15, 0.2) is 4.52 Å². The summed E-state index contributed by atoms with van der Waals surface area (Å²) < 4.78 is 5.00. The Hall–Kier alpha value is -1.92. The third kappa shape index (κ3) is 5.29. The number of carbonyl (C=O) groups is 2. The van der Waals surface area contributed by atoms with Crippen molar-refractivity contribution in [3.63, 3.8) is 0 Å². The molecule has 0 unspecified atom stereocenters. The number of aromatic nitrogens is 2. The van der Waals surface area contributed by atoms with Crippen molar-refractivity contribution in [2.75, 3.05) is 13.1 Å². The van der Waals surface area contributed by atoms with E-state index in [0.717, 1.165) is 25.2 Å². The number of hydrogen-bond acceptors (Lipinski definition) is 5. The number of hydrogen-bond donors (Lipinski definition) is 1. The van der Waals surface area contributed by atoms with Crippen LogP contribution < -0.4 is 5.32 Å². The molecule has 1 N–H and O–H groups in total. The zero-order valence-electron chi connectivity index (χ0n) is 15.7. The van der Waals surface area contributed by atoms with Gasteiger partial charge in [-0.2, -0.15) is 4.98 Å². The van der Waals surface area contributed by atoms with E-state index in [2.05, 4.69) is 15.5 Å². The lowest BCUT2D eigenvalue weighted by Crippen LogP contribution is -2.43. The predicted octanol–water partition coefficient (Wildman–Crippen LogP) is 2.59. The van der Waals surface area contributed by atoms with Gasteiger partial charge in [0.05, 0.1) is 6.54 Å². The Kier molecular flexibility index (Phi) is 6.63. The molecule has 1 aromatic rings. The Bertz CT molecular complexity index is 602. The number of piperidine rings is 1. The van der Waals surface area contributed by atoms with E-state index in [1.165, 1.54) is 32.1 Å². The molecule has 7 nitrogen and oxygen atoms in total. The van der Waals surface area contributed by atoms with Crippen LogP contribution >= 0.6 is 0 Å². The molecule has 0 bridgehead atoms. The standard InChI is InChI=1S/C19H30N4O3/c1-14-21-17(26-22-14)13-20-19(25)16-9-11-23(12-10-16)18(24)8-7-15-5-3-2-4-6-15/h15-16H,2-13H2,1H3,(H,20,25). The van der Waals surface area contributed by atoms with E-state index >= 15 is 0 Å². The van der Waals surface area contributed by atoms with Gasteiger partial charge in [-0.05, 0) is 32.1 Å². The summed E-state index contributed by atoms with van der Waals surface area (Å²) in [5.41, 5.74) is 0. The van der Waals surface area contributed by atoms with Crippen LogP contribution in [-0.4, -0.2) is 39.9 Å². The molecular weight excluding hydrogens is 332 g/mol. The zero-order chi connectivity index (χ0) is 18.4. The normalized spacial score (nSPS) is 19.5. The number of amides is 2. The first-order chi connectivity index (χ1) is 12.6. The Morgan fingerprint density at radius 2 is 1.88 bits per heavy atom. The molecule has 0 spiro atoms. The Balaban J connectivity index is 1.34. The van der Waals surface area contributed by atoms with Gasteiger partial charge in [-0.15, -0.1) is 0 Å². The maximum Gasteiger partial charge on any atom is 0.246 e. The highest BCUT2D eigenvalue weighted by molar-refractivity contribution is 5.80. The molecular formula is C19H30N4O3. The quantitative estimate of drug-likeness (QED) is 0.840. The van der Waals surface area contributed by atoms with E-state index in [1.54, 1.807) is 6.92 Å². The molecule has 0 atom stereocenters. The minimum Gasteiger partial charge on any atom is -0.347 e. The van der Waals surface area contributed by atoms with Gasteiger partial charge in [0.2, 0.25) is 17.7 Å². The summed E-state index contributed by atoms with van der Waals surface area (Å²) >= 11 is 0. The van der Waals surface area contributed by atoms with Crippen LogP contribution in [0.5, 0.6) is 0 Å². The molecule has 2 fully saturated rings.